The van der Waals surface area contributed by atoms with Gasteiger partial charge in [-0.2, -0.15) is 0 Å². The summed E-state index contributed by atoms with van der Waals surface area (Å²) < 4.78 is 5.10. The smallest absolute Gasteiger partial charge is 0.253 e. The van der Waals surface area contributed by atoms with E-state index in [1.165, 1.54) is 5.56 Å². The van der Waals surface area contributed by atoms with Crippen molar-refractivity contribution in [3.05, 3.63) is 35.9 Å². The molecule has 0 fully saturated rings. The molecule has 15 heavy (non-hydrogen) atoms. The molecule has 0 amide bonds. The van der Waals surface area contributed by atoms with Gasteiger partial charge < -0.3 is 4.74 Å². The predicted molar refractivity (Wildman–Crippen MR) is 58.0 cm³/mol. The fourth-order valence-corrected chi connectivity index (χ4v) is 1.51. The number of nitrogens with zero attached hydrogens (tertiary/aromatic N) is 1. The topological polar surface area (TPSA) is 38.7 Å². The molecule has 3 heteroatoms. The van der Waals surface area contributed by atoms with Crippen LogP contribution in [-0.2, 0) is 16.0 Å². The third kappa shape index (κ3) is 2.65. The van der Waals surface area contributed by atoms with Crippen molar-refractivity contribution in [3.8, 4) is 0 Å². The second kappa shape index (κ2) is 4.73. The van der Waals surface area contributed by atoms with Gasteiger partial charge in [-0.1, -0.05) is 30.3 Å². The molecule has 0 radical (unpaired) electrons. The number of rotatable bonds is 4. The van der Waals surface area contributed by atoms with Gasteiger partial charge in [0.25, 0.3) is 5.90 Å². The molecule has 1 aromatic rings. The molecule has 1 aliphatic rings. The van der Waals surface area contributed by atoms with Crippen LogP contribution in [0.1, 0.15) is 12.0 Å². The Kier molecular flexibility index (Phi) is 3.12. The summed E-state index contributed by atoms with van der Waals surface area (Å²) in [6.45, 7) is 1.17. The molecule has 0 N–H and O–H groups in total. The Hall–Kier alpha value is -1.64. The monoisotopic (exact) mass is 203 g/mol. The van der Waals surface area contributed by atoms with E-state index in [1.54, 1.807) is 0 Å². The summed E-state index contributed by atoms with van der Waals surface area (Å²) in [5.41, 5.74) is 1.17. The van der Waals surface area contributed by atoms with E-state index in [2.05, 4.69) is 4.99 Å². The molecule has 1 aliphatic heterocycles. The van der Waals surface area contributed by atoms with E-state index >= 15 is 0 Å². The largest absolute Gasteiger partial charge is 0.473 e. The van der Waals surface area contributed by atoms with Crippen LogP contribution in [0.3, 0.4) is 0 Å². The van der Waals surface area contributed by atoms with Gasteiger partial charge >= 0.3 is 0 Å². The molecule has 0 unspecified atom stereocenters. The molecular formula is C12H13NO2. The average molecular weight is 203 g/mol. The van der Waals surface area contributed by atoms with E-state index in [9.17, 15) is 4.79 Å². The molecule has 0 aromatic heterocycles. The van der Waals surface area contributed by atoms with Crippen LogP contribution >= 0.6 is 0 Å². The number of benzene rings is 1. The highest BCUT2D eigenvalue weighted by Gasteiger charge is 2.16. The second-order valence-electron chi connectivity index (χ2n) is 3.44. The number of carbonyl (C=O) groups is 1. The maximum Gasteiger partial charge on any atom is 0.253 e. The Bertz CT molecular complexity index is 370. The van der Waals surface area contributed by atoms with Crippen LogP contribution in [0.25, 0.3) is 0 Å². The van der Waals surface area contributed by atoms with Gasteiger partial charge in [0.2, 0.25) is 5.78 Å². The first-order valence-corrected chi connectivity index (χ1v) is 5.10. The molecule has 2 rings (SSSR count). The lowest BCUT2D eigenvalue weighted by molar-refractivity contribution is -0.114. The lowest BCUT2D eigenvalue weighted by Crippen LogP contribution is -2.14. The number of ketones is 1. The zero-order chi connectivity index (χ0) is 10.5. The van der Waals surface area contributed by atoms with Crippen molar-refractivity contribution in [3.63, 3.8) is 0 Å². The summed E-state index contributed by atoms with van der Waals surface area (Å²) in [7, 11) is 0. The zero-order valence-corrected chi connectivity index (χ0v) is 8.48. The third-order valence-corrected chi connectivity index (χ3v) is 2.31. The quantitative estimate of drug-likeness (QED) is 0.745. The van der Waals surface area contributed by atoms with E-state index < -0.39 is 0 Å². The molecule has 1 heterocycles. The first kappa shape index (κ1) is 9.90. The molecule has 0 aliphatic carbocycles. The molecule has 3 nitrogen and oxygen atoms in total. The molecule has 1 aromatic carbocycles. The maximum atomic E-state index is 11.6. The fourth-order valence-electron chi connectivity index (χ4n) is 1.51. The van der Waals surface area contributed by atoms with E-state index in [0.717, 1.165) is 6.42 Å². The van der Waals surface area contributed by atoms with Crippen LogP contribution in [0.4, 0.5) is 0 Å². The molecular weight excluding hydrogens is 190 g/mol. The van der Waals surface area contributed by atoms with Crippen molar-refractivity contribution in [2.45, 2.75) is 12.8 Å². The lowest BCUT2D eigenvalue weighted by atomic mass is 10.1. The Balaban J connectivity index is 1.86. The minimum absolute atomic E-state index is 0.0105. The van der Waals surface area contributed by atoms with E-state index in [0.29, 0.717) is 25.5 Å². The van der Waals surface area contributed by atoms with Crippen molar-refractivity contribution < 1.29 is 9.53 Å². The fraction of sp³-hybridized carbons (Fsp3) is 0.333. The second-order valence-corrected chi connectivity index (χ2v) is 3.44. The van der Waals surface area contributed by atoms with Gasteiger partial charge in [0, 0.05) is 6.42 Å². The molecule has 0 spiro atoms. The first-order valence-electron chi connectivity index (χ1n) is 5.10. The summed E-state index contributed by atoms with van der Waals surface area (Å²) in [5, 5.41) is 0. The molecule has 78 valence electrons. The summed E-state index contributed by atoms with van der Waals surface area (Å²) in [6.07, 6.45) is 1.23. The molecule has 0 atom stereocenters. The Labute approximate surface area is 88.8 Å². The van der Waals surface area contributed by atoms with Gasteiger partial charge in [-0.25, -0.2) is 4.99 Å². The number of aryl methyl sites for hydroxylation is 1. The van der Waals surface area contributed by atoms with Crippen molar-refractivity contribution in [2.75, 3.05) is 13.2 Å². The van der Waals surface area contributed by atoms with Gasteiger partial charge in [-0.15, -0.1) is 0 Å². The highest BCUT2D eigenvalue weighted by atomic mass is 16.5. The van der Waals surface area contributed by atoms with Crippen molar-refractivity contribution in [1.29, 1.82) is 0 Å². The van der Waals surface area contributed by atoms with Gasteiger partial charge in [-0.05, 0) is 12.0 Å². The average Bonchev–Trinajstić information content (AvgIpc) is 2.81. The normalized spacial score (nSPS) is 14.5. The summed E-state index contributed by atoms with van der Waals surface area (Å²) in [4.78, 5) is 15.6. The minimum Gasteiger partial charge on any atom is -0.473 e. The van der Waals surface area contributed by atoms with Crippen molar-refractivity contribution in [1.82, 2.24) is 0 Å². The molecule has 0 saturated carbocycles. The van der Waals surface area contributed by atoms with Gasteiger partial charge in [0.1, 0.15) is 6.61 Å². The van der Waals surface area contributed by atoms with E-state index in [1.807, 2.05) is 30.3 Å². The highest BCUT2D eigenvalue weighted by Crippen LogP contribution is 2.05. The summed E-state index contributed by atoms with van der Waals surface area (Å²) >= 11 is 0. The maximum absolute atomic E-state index is 11.6. The van der Waals surface area contributed by atoms with Crippen molar-refractivity contribution in [2.24, 2.45) is 4.99 Å². The SMILES string of the molecule is O=C(CCc1ccccc1)C1=NCCO1. The van der Waals surface area contributed by atoms with Crippen LogP contribution in [-0.4, -0.2) is 24.8 Å². The van der Waals surface area contributed by atoms with Crippen LogP contribution < -0.4 is 0 Å². The Morgan fingerprint density at radius 2 is 2.13 bits per heavy atom. The Morgan fingerprint density at radius 1 is 1.33 bits per heavy atom. The first-order chi connectivity index (χ1) is 7.36. The highest BCUT2D eigenvalue weighted by molar-refractivity contribution is 6.36. The Morgan fingerprint density at radius 3 is 2.80 bits per heavy atom. The van der Waals surface area contributed by atoms with Crippen molar-refractivity contribution >= 4 is 11.7 Å². The summed E-state index contributed by atoms with van der Waals surface area (Å²) in [6, 6.07) is 9.96. The number of carbonyl (C=O) groups excluding carboxylic acids is 1. The van der Waals surface area contributed by atoms with Gasteiger partial charge in [0.05, 0.1) is 6.54 Å². The zero-order valence-electron chi connectivity index (χ0n) is 8.48. The number of Topliss-reactive ketones (excluding diaryl/α,β-unsaturated/α-hetero) is 1. The third-order valence-electron chi connectivity index (χ3n) is 2.31. The van der Waals surface area contributed by atoms with Crippen LogP contribution in [0, 0.1) is 0 Å². The minimum atomic E-state index is 0.0105. The van der Waals surface area contributed by atoms with Crippen LogP contribution in [0.2, 0.25) is 0 Å². The van der Waals surface area contributed by atoms with Gasteiger partial charge in [-0.3, -0.25) is 4.79 Å². The lowest BCUT2D eigenvalue weighted by Gasteiger charge is -2.01. The molecule has 0 saturated heterocycles. The number of ether oxygens (including phenoxy) is 1. The van der Waals surface area contributed by atoms with Crippen LogP contribution in [0.5, 0.6) is 0 Å². The van der Waals surface area contributed by atoms with Crippen LogP contribution in [0.15, 0.2) is 35.3 Å². The summed E-state index contributed by atoms with van der Waals surface area (Å²) in [5.74, 6) is 0.322. The number of hydrogen-bond acceptors (Lipinski definition) is 3. The standard InChI is InChI=1S/C12H13NO2/c14-11(12-13-8-9-15-12)7-6-10-4-2-1-3-5-10/h1-5H,6-9H2. The van der Waals surface area contributed by atoms with E-state index in [4.69, 9.17) is 4.74 Å². The predicted octanol–water partition coefficient (Wildman–Crippen LogP) is 1.62. The van der Waals surface area contributed by atoms with E-state index in [-0.39, 0.29) is 5.78 Å². The molecule has 0 bridgehead atoms. The number of hydrogen-bond donors (Lipinski definition) is 0. The van der Waals surface area contributed by atoms with Gasteiger partial charge in [0.15, 0.2) is 0 Å². The number of aliphatic imine (C=N–C) groups is 1.